The first-order chi connectivity index (χ1) is 42.2. The Kier molecular flexibility index (Phi) is 13.6. The third-order valence-corrected chi connectivity index (χ3v) is 20.6. The zero-order valence-corrected chi connectivity index (χ0v) is 48.7. The molecule has 8 aliphatic carbocycles. The molecule has 8 fully saturated rings. The third-order valence-electron chi connectivity index (χ3n) is 20.6. The highest BCUT2D eigenvalue weighted by Crippen LogP contribution is 2.81. The van der Waals surface area contributed by atoms with Gasteiger partial charge in [0.05, 0.1) is 0 Å². The molecule has 4 unspecified atom stereocenters. The van der Waals surface area contributed by atoms with Crippen LogP contribution >= 0.6 is 0 Å². The predicted molar refractivity (Wildman–Crippen MR) is 350 cm³/mol. The summed E-state index contributed by atoms with van der Waals surface area (Å²) in [5.74, 6) is 45.4. The van der Waals surface area contributed by atoms with Crippen LogP contribution in [0.15, 0.2) is 237 Å². The lowest BCUT2D eigenvalue weighted by molar-refractivity contribution is -0.218. The highest BCUT2D eigenvalue weighted by Gasteiger charge is 2.73. The van der Waals surface area contributed by atoms with Gasteiger partial charge in [-0.25, -0.2) is 0 Å². The molecular formula is C86H66. The Balaban J connectivity index is 0.908. The van der Waals surface area contributed by atoms with E-state index in [1.54, 1.807) is 0 Å². The van der Waals surface area contributed by atoms with Gasteiger partial charge in [0.2, 0.25) is 0 Å². The van der Waals surface area contributed by atoms with Crippen molar-refractivity contribution in [1.29, 1.82) is 0 Å². The molecule has 0 aromatic heterocycles. The molecule has 8 saturated carbocycles. The SMILES string of the molecule is C(#Cc1cc(C#Cc2ccccc2)cc(C23CC4CC(C2)CC(C25CC6CC(c7cc(C#Cc8ccccc8)cc(C#Cc8ccccc8)c7)(CC(c7cc(C#Cc8ccccc8)cc(C#Cc8ccccc8)c7)(C6)C2)C5)(C4)C3)c1)c1ccccc1. The lowest BCUT2D eigenvalue weighted by Gasteiger charge is -2.76. The maximum atomic E-state index is 3.70. The first kappa shape index (κ1) is 53.1. The van der Waals surface area contributed by atoms with E-state index in [0.717, 1.165) is 73.2 Å². The van der Waals surface area contributed by atoms with Crippen molar-refractivity contribution in [3.63, 3.8) is 0 Å². The minimum Gasteiger partial charge on any atom is -0.0622 e. The van der Waals surface area contributed by atoms with E-state index in [1.807, 2.05) is 0 Å². The maximum absolute atomic E-state index is 3.70. The van der Waals surface area contributed by atoms with Crippen molar-refractivity contribution in [2.24, 2.45) is 28.6 Å². The Morgan fingerprint density at radius 3 is 0.733 bits per heavy atom. The molecule has 410 valence electrons. The minimum absolute atomic E-state index is 0.0294. The topological polar surface area (TPSA) is 0 Å². The summed E-state index contributed by atoms with van der Waals surface area (Å²) < 4.78 is 0. The molecule has 17 rings (SSSR count). The van der Waals surface area contributed by atoms with E-state index in [-0.39, 0.29) is 27.1 Å². The van der Waals surface area contributed by atoms with Crippen LogP contribution in [0.4, 0.5) is 0 Å². The van der Waals surface area contributed by atoms with Crippen LogP contribution in [0.1, 0.15) is 161 Å². The fourth-order valence-electron chi connectivity index (χ4n) is 18.1. The van der Waals surface area contributed by atoms with E-state index in [1.165, 1.54) is 87.3 Å². The number of rotatable bonds is 4. The van der Waals surface area contributed by atoms with Gasteiger partial charge in [-0.2, -0.15) is 0 Å². The van der Waals surface area contributed by atoms with Crippen molar-refractivity contribution >= 4 is 0 Å². The average Bonchev–Trinajstić information content (AvgIpc) is 0.681. The minimum atomic E-state index is -0.113. The van der Waals surface area contributed by atoms with Crippen LogP contribution in [-0.2, 0) is 16.2 Å². The van der Waals surface area contributed by atoms with Crippen LogP contribution in [0.3, 0.4) is 0 Å². The second-order valence-corrected chi connectivity index (χ2v) is 26.5. The summed E-state index contributed by atoms with van der Waals surface area (Å²) in [6, 6.07) is 84.4. The molecule has 0 spiro atoms. The molecule has 0 N–H and O–H groups in total. The van der Waals surface area contributed by atoms with Gasteiger partial charge in [-0.3, -0.25) is 0 Å². The van der Waals surface area contributed by atoms with Crippen LogP contribution < -0.4 is 0 Å². The smallest absolute Gasteiger partial charge is 0.0264 e. The molecule has 86 heavy (non-hydrogen) atoms. The highest BCUT2D eigenvalue weighted by atomic mass is 14.8. The van der Waals surface area contributed by atoms with E-state index >= 15 is 0 Å². The van der Waals surface area contributed by atoms with Gasteiger partial charge in [0.25, 0.3) is 0 Å². The molecule has 0 heteroatoms. The largest absolute Gasteiger partial charge is 0.0622 e. The summed E-state index contributed by atoms with van der Waals surface area (Å²) in [7, 11) is 0. The van der Waals surface area contributed by atoms with Gasteiger partial charge < -0.3 is 0 Å². The van der Waals surface area contributed by atoms with Gasteiger partial charge in [-0.1, -0.05) is 180 Å². The second kappa shape index (κ2) is 22.1. The van der Waals surface area contributed by atoms with E-state index in [9.17, 15) is 0 Å². The average molecular weight is 1100 g/mol. The monoisotopic (exact) mass is 1100 g/mol. The van der Waals surface area contributed by atoms with Crippen molar-refractivity contribution in [2.75, 3.05) is 0 Å². The Bertz CT molecular complexity index is 4040. The molecule has 0 saturated heterocycles. The second-order valence-electron chi connectivity index (χ2n) is 26.5. The van der Waals surface area contributed by atoms with Crippen molar-refractivity contribution in [1.82, 2.24) is 0 Å². The summed E-state index contributed by atoms with van der Waals surface area (Å²) in [6.45, 7) is 0. The summed E-state index contributed by atoms with van der Waals surface area (Å²) in [5, 5.41) is 0. The van der Waals surface area contributed by atoms with Crippen LogP contribution in [-0.4, -0.2) is 0 Å². The summed E-state index contributed by atoms with van der Waals surface area (Å²) >= 11 is 0. The van der Waals surface area contributed by atoms with Crippen LogP contribution in [0.25, 0.3) is 0 Å². The van der Waals surface area contributed by atoms with Gasteiger partial charge in [0.15, 0.2) is 0 Å². The third kappa shape index (κ3) is 10.6. The summed E-state index contributed by atoms with van der Waals surface area (Å²) in [6.07, 6.45) is 14.7. The van der Waals surface area contributed by atoms with E-state index in [0.29, 0.717) is 17.8 Å². The van der Waals surface area contributed by atoms with Gasteiger partial charge in [0, 0.05) is 66.8 Å². The van der Waals surface area contributed by atoms with Crippen LogP contribution in [0, 0.1) is 99.6 Å². The van der Waals surface area contributed by atoms with Gasteiger partial charge in [0.1, 0.15) is 0 Å². The van der Waals surface area contributed by atoms with Crippen LogP contribution in [0.2, 0.25) is 0 Å². The van der Waals surface area contributed by atoms with Gasteiger partial charge in [-0.05, 0) is 266 Å². The fourth-order valence-corrected chi connectivity index (χ4v) is 18.1. The summed E-state index contributed by atoms with van der Waals surface area (Å²) in [4.78, 5) is 0. The molecule has 9 aromatic rings. The molecule has 0 amide bonds. The molecule has 0 nitrogen and oxygen atoms in total. The lowest BCUT2D eigenvalue weighted by atomic mass is 9.28. The van der Waals surface area contributed by atoms with Crippen LogP contribution in [0.5, 0.6) is 0 Å². The molecule has 4 atom stereocenters. The predicted octanol–water partition coefficient (Wildman–Crippen LogP) is 17.8. The van der Waals surface area contributed by atoms with Crippen molar-refractivity contribution < 1.29 is 0 Å². The molecule has 9 aromatic carbocycles. The number of hydrogen-bond acceptors (Lipinski definition) is 0. The van der Waals surface area contributed by atoms with Crippen molar-refractivity contribution in [2.45, 2.75) is 93.3 Å². The molecular weight excluding hydrogens is 1030 g/mol. The van der Waals surface area contributed by atoms with Gasteiger partial charge in [-0.15, -0.1) is 0 Å². The Morgan fingerprint density at radius 2 is 0.442 bits per heavy atom. The molecule has 8 aliphatic rings. The normalized spacial score (nSPS) is 25.6. The van der Waals surface area contributed by atoms with E-state index in [2.05, 4.69) is 308 Å². The first-order valence-electron chi connectivity index (χ1n) is 31.1. The zero-order valence-electron chi connectivity index (χ0n) is 48.7. The molecule has 8 bridgehead atoms. The van der Waals surface area contributed by atoms with Gasteiger partial charge >= 0.3 is 0 Å². The Hall–Kier alpha value is -9.66. The zero-order chi connectivity index (χ0) is 57.4. The highest BCUT2D eigenvalue weighted by molar-refractivity contribution is 5.58. The standard InChI is InChI=1S/C86H66/c1-7-19-64(20-8-1)31-37-70-43-71(38-32-65-21-9-2-10-22-65)48-79(47-70)82-53-76-46-77(54-82)58-85(57-76,61-82)86-59-78-55-83(62-86,80-49-72(39-33-66-23-11-3-12-24-66)44-73(50-80)40-34-67-25-13-4-14-26-67)60-84(56-78,63-86)81-51-74(41-35-68-27-15-5-16-28-68)45-75(52-81)42-36-69-29-17-6-18-30-69/h1-30,43-45,47-52,76-78H,46,53-63H2. The Labute approximate surface area is 510 Å². The molecule has 0 heterocycles. The summed E-state index contributed by atoms with van der Waals surface area (Å²) in [5.41, 5.74) is 16.7. The molecule has 0 radical (unpaired) electrons. The maximum Gasteiger partial charge on any atom is 0.0264 e. The number of hydrogen-bond donors (Lipinski definition) is 0. The fraction of sp³-hybridized carbons (Fsp3) is 0.233. The number of benzene rings is 9. The van der Waals surface area contributed by atoms with Crippen molar-refractivity contribution in [3.8, 4) is 71.0 Å². The molecule has 0 aliphatic heterocycles. The first-order valence-corrected chi connectivity index (χ1v) is 31.1. The van der Waals surface area contributed by atoms with Crippen molar-refractivity contribution in [3.05, 3.63) is 320 Å². The lowest BCUT2D eigenvalue weighted by Crippen LogP contribution is -2.68. The Morgan fingerprint density at radius 1 is 0.209 bits per heavy atom. The quantitative estimate of drug-likeness (QED) is 0.154. The van der Waals surface area contributed by atoms with E-state index < -0.39 is 0 Å². The van der Waals surface area contributed by atoms with E-state index in [4.69, 9.17) is 0 Å².